The number of benzene rings is 3. The summed E-state index contributed by atoms with van der Waals surface area (Å²) in [6.45, 7) is 8.03. The average molecular weight is 754 g/mol. The molecule has 0 radical (unpaired) electrons. The number of aryl methyl sites for hydroxylation is 1. The van der Waals surface area contributed by atoms with Crippen LogP contribution < -0.4 is 25.5 Å². The zero-order valence-electron chi connectivity index (χ0n) is 31.0. The highest BCUT2D eigenvalue weighted by Gasteiger charge is 2.66. The van der Waals surface area contributed by atoms with Crippen LogP contribution in [0.25, 0.3) is 0 Å². The summed E-state index contributed by atoms with van der Waals surface area (Å²) >= 11 is 0. The Bertz CT molecular complexity index is 2030. The van der Waals surface area contributed by atoms with Crippen molar-refractivity contribution < 1.29 is 29.1 Å². The molecule has 4 heterocycles. The Labute approximate surface area is 315 Å². The summed E-state index contributed by atoms with van der Waals surface area (Å²) in [5.41, 5.74) is 1.46. The second-order valence-corrected chi connectivity index (χ2v) is 19.8. The van der Waals surface area contributed by atoms with Crippen LogP contribution in [0.5, 0.6) is 5.75 Å². The first-order valence-electron chi connectivity index (χ1n) is 18.5. The van der Waals surface area contributed by atoms with Gasteiger partial charge in [0.05, 0.1) is 50.2 Å². The van der Waals surface area contributed by atoms with Crippen molar-refractivity contribution in [3.63, 3.8) is 0 Å². The molecular weight excluding hydrogens is 707 g/mol. The molecule has 2 saturated heterocycles. The first-order chi connectivity index (χ1) is 26.0. The summed E-state index contributed by atoms with van der Waals surface area (Å²) in [6, 6.07) is 19.9. The Morgan fingerprint density at radius 2 is 1.98 bits per heavy atom. The molecule has 3 aromatic carbocycles. The number of hydrogen-bond donors (Lipinski definition) is 3. The van der Waals surface area contributed by atoms with Crippen molar-refractivity contribution in [3.05, 3.63) is 99.9 Å². The van der Waals surface area contributed by atoms with E-state index < -0.39 is 24.7 Å². The van der Waals surface area contributed by atoms with E-state index in [1.54, 1.807) is 22.8 Å². The third-order valence-electron chi connectivity index (χ3n) is 11.5. The zero-order valence-corrected chi connectivity index (χ0v) is 32.0. The predicted molar refractivity (Wildman–Crippen MR) is 205 cm³/mol. The lowest BCUT2D eigenvalue weighted by Crippen LogP contribution is -2.51. The van der Waals surface area contributed by atoms with E-state index in [1.807, 2.05) is 42.6 Å². The average Bonchev–Trinajstić information content (AvgIpc) is 3.96. The maximum atomic E-state index is 15.2. The van der Waals surface area contributed by atoms with Gasteiger partial charge in [0.25, 0.3) is 11.6 Å². The number of rotatable bonds is 13. The molecule has 3 aliphatic heterocycles. The van der Waals surface area contributed by atoms with Gasteiger partial charge in [-0.1, -0.05) is 54.7 Å². The molecule has 2 amide bonds. The molecule has 1 aromatic heterocycles. The summed E-state index contributed by atoms with van der Waals surface area (Å²) in [7, 11) is -0.840. The fraction of sp³-hybridized carbons (Fsp3) is 0.436. The van der Waals surface area contributed by atoms with Crippen LogP contribution in [0.15, 0.2) is 72.9 Å². The van der Waals surface area contributed by atoms with Crippen LogP contribution in [0.3, 0.4) is 0 Å². The minimum Gasteiger partial charge on any atom is -0.497 e. The van der Waals surface area contributed by atoms with Gasteiger partial charge in [0.1, 0.15) is 5.75 Å². The van der Waals surface area contributed by atoms with Crippen LogP contribution in [0.2, 0.25) is 18.6 Å². The monoisotopic (exact) mass is 753 g/mol. The quantitative estimate of drug-likeness (QED) is 0.102. The number of nitrogens with zero attached hydrogens (tertiary/aromatic N) is 5. The van der Waals surface area contributed by atoms with Crippen molar-refractivity contribution >= 4 is 42.1 Å². The highest BCUT2D eigenvalue weighted by Crippen LogP contribution is 2.60. The molecule has 0 bridgehead atoms. The number of ether oxygens (including phenoxy) is 2. The zero-order chi connectivity index (χ0) is 38.2. The second-order valence-electron chi connectivity index (χ2n) is 15.1. The van der Waals surface area contributed by atoms with Gasteiger partial charge in [0, 0.05) is 55.1 Å². The highest BCUT2D eigenvalue weighted by atomic mass is 28.3. The van der Waals surface area contributed by atoms with Gasteiger partial charge in [-0.25, -0.2) is 0 Å². The maximum absolute atomic E-state index is 15.2. The van der Waals surface area contributed by atoms with Crippen molar-refractivity contribution in [3.8, 4) is 5.75 Å². The Kier molecular flexibility index (Phi) is 10.4. The lowest BCUT2D eigenvalue weighted by Gasteiger charge is -2.37. The van der Waals surface area contributed by atoms with E-state index in [2.05, 4.69) is 53.1 Å². The molecule has 54 heavy (non-hydrogen) atoms. The molecule has 15 heteroatoms. The molecule has 7 rings (SSSR count). The van der Waals surface area contributed by atoms with Crippen LogP contribution in [0, 0.1) is 16.0 Å². The molecule has 3 N–H and O–H groups in total. The molecule has 3 aliphatic rings. The molecule has 0 saturated carbocycles. The van der Waals surface area contributed by atoms with E-state index in [0.29, 0.717) is 42.0 Å². The minimum atomic E-state index is -2.47. The lowest BCUT2D eigenvalue weighted by molar-refractivity contribution is -0.385. The van der Waals surface area contributed by atoms with E-state index in [4.69, 9.17) is 9.47 Å². The van der Waals surface area contributed by atoms with E-state index >= 15 is 4.79 Å². The lowest BCUT2D eigenvalue weighted by atomic mass is 9.82. The molecule has 0 unspecified atom stereocenters. The number of non-ortho nitro benzene ring substituents is 1. The van der Waals surface area contributed by atoms with E-state index in [9.17, 15) is 20.0 Å². The van der Waals surface area contributed by atoms with Gasteiger partial charge in [0.2, 0.25) is 5.91 Å². The van der Waals surface area contributed by atoms with Crippen LogP contribution in [0.1, 0.15) is 43.0 Å². The predicted octanol–water partition coefficient (Wildman–Crippen LogP) is 4.27. The van der Waals surface area contributed by atoms with Crippen molar-refractivity contribution in [1.29, 1.82) is 0 Å². The molecule has 0 aliphatic carbocycles. The minimum absolute atomic E-state index is 0.0325. The third-order valence-corrected chi connectivity index (χ3v) is 15.9. The van der Waals surface area contributed by atoms with Gasteiger partial charge < -0.3 is 30.1 Å². The molecule has 4 aromatic rings. The van der Waals surface area contributed by atoms with Gasteiger partial charge in [-0.2, -0.15) is 0 Å². The molecule has 5 atom stereocenters. The van der Waals surface area contributed by atoms with Crippen LogP contribution in [-0.4, -0.2) is 77.3 Å². The number of carbonyl (C=O) groups excluding carboxylic acids is 2. The molecular formula is C39H47N7O7Si. The third kappa shape index (κ3) is 6.80. The Balaban J connectivity index is 1.26. The van der Waals surface area contributed by atoms with Crippen LogP contribution in [0.4, 0.5) is 17.1 Å². The van der Waals surface area contributed by atoms with E-state index in [-0.39, 0.29) is 48.2 Å². The number of nitro groups is 1. The number of carbonyl (C=O) groups is 2. The van der Waals surface area contributed by atoms with Crippen molar-refractivity contribution in [2.45, 2.75) is 82.1 Å². The number of aromatic nitrogens is 3. The van der Waals surface area contributed by atoms with Gasteiger partial charge in [-0.15, -0.1) is 5.10 Å². The Morgan fingerprint density at radius 3 is 2.69 bits per heavy atom. The molecule has 14 nitrogen and oxygen atoms in total. The molecule has 284 valence electrons. The summed E-state index contributed by atoms with van der Waals surface area (Å²) in [4.78, 5) is 41.5. The van der Waals surface area contributed by atoms with Crippen molar-refractivity contribution in [2.24, 2.45) is 5.92 Å². The number of nitro benzene ring substituents is 1. The van der Waals surface area contributed by atoms with Crippen molar-refractivity contribution in [2.75, 3.05) is 30.5 Å². The van der Waals surface area contributed by atoms with Gasteiger partial charge >= 0.3 is 0 Å². The fourth-order valence-corrected chi connectivity index (χ4v) is 12.9. The molecule has 1 spiro atoms. The highest BCUT2D eigenvalue weighted by molar-refractivity contribution is 6.91. The number of methoxy groups -OCH3 is 1. The summed E-state index contributed by atoms with van der Waals surface area (Å²) in [5, 5.41) is 37.5. The summed E-state index contributed by atoms with van der Waals surface area (Å²) in [5.74, 6) is 0.0182. The van der Waals surface area contributed by atoms with E-state index in [1.165, 1.54) is 17.3 Å². The standard InChI is InChI=1S/C39H47N7O7Si/c1-25-36(54(3,4)31-13-11-30(52-2)12-14-31)35(16-19-44-24-28(17-20-47)42-43-44)53-39(25)32-22-29(46(50)51)10-15-34(32)45(38(39)49)23-26-7-5-8-27(21-26)41-37(48)33-9-6-18-40-33/h5,7-8,10-15,21-22,24-25,33,35-36,40,47H,6,9,16-20,23H2,1-4H3,(H,41,48)/t25-,33-,35+,36-,39+/m1/s1. The largest absolute Gasteiger partial charge is 0.497 e. The van der Waals surface area contributed by atoms with Crippen LogP contribution >= 0.6 is 0 Å². The normalized spacial score (nSPS) is 23.6. The van der Waals surface area contributed by atoms with Crippen molar-refractivity contribution in [1.82, 2.24) is 20.3 Å². The maximum Gasteiger partial charge on any atom is 0.269 e. The number of anilines is 2. The number of hydrogen-bond acceptors (Lipinski definition) is 10. The fourth-order valence-electron chi connectivity index (χ4n) is 8.85. The number of aliphatic hydroxyl groups excluding tert-OH is 1. The Morgan fingerprint density at radius 1 is 1.19 bits per heavy atom. The van der Waals surface area contributed by atoms with Gasteiger partial charge in [-0.3, -0.25) is 24.4 Å². The first-order valence-corrected chi connectivity index (χ1v) is 21.6. The number of nitrogens with one attached hydrogen (secondary N) is 2. The number of fused-ring (bicyclic) bond motifs is 2. The summed E-state index contributed by atoms with van der Waals surface area (Å²) in [6.07, 6.45) is 4.04. The SMILES string of the molecule is COc1ccc([Si](C)(C)[C@H]2[C@H](CCn3cc(CCO)nn3)O[C@@]3(C(=O)N(Cc4cccc(NC(=O)[C@H]5CCCN5)c4)c4ccc([N+](=O)[O-])cc43)[C@@H]2C)cc1. The first kappa shape index (κ1) is 37.4. The van der Waals surface area contributed by atoms with Crippen LogP contribution in [-0.2, 0) is 39.4 Å². The van der Waals surface area contributed by atoms with E-state index in [0.717, 1.165) is 30.7 Å². The smallest absolute Gasteiger partial charge is 0.269 e. The Hall–Kier alpha value is -4.96. The second kappa shape index (κ2) is 15.0. The topological polar surface area (TPSA) is 174 Å². The molecule has 2 fully saturated rings. The number of aliphatic hydroxyl groups is 1. The summed E-state index contributed by atoms with van der Waals surface area (Å²) < 4.78 is 14.4. The van der Waals surface area contributed by atoms with Gasteiger partial charge in [0.15, 0.2) is 5.60 Å². The van der Waals surface area contributed by atoms with Gasteiger partial charge in [-0.05, 0) is 67.2 Å². The number of amides is 2.